The highest BCUT2D eigenvalue weighted by Crippen LogP contribution is 2.24. The van der Waals surface area contributed by atoms with Gasteiger partial charge in [-0.2, -0.15) is 0 Å². The number of carbonyl (C=O) groups is 1. The van der Waals surface area contributed by atoms with Crippen molar-refractivity contribution < 1.29 is 4.79 Å². The maximum absolute atomic E-state index is 12.2. The van der Waals surface area contributed by atoms with E-state index in [0.29, 0.717) is 0 Å². The van der Waals surface area contributed by atoms with Gasteiger partial charge in [-0.15, -0.1) is 17.9 Å². The predicted octanol–water partition coefficient (Wildman–Crippen LogP) is 3.90. The highest BCUT2D eigenvalue weighted by molar-refractivity contribution is 7.12. The second-order valence-electron chi connectivity index (χ2n) is 3.47. The monoisotopic (exact) mass is 228 g/mol. The molecule has 0 aliphatic carbocycles. The number of hydrogen-bond acceptors (Lipinski definition) is 2. The molecule has 1 aromatic carbocycles. The molecule has 0 N–H and O–H groups in total. The lowest BCUT2D eigenvalue weighted by molar-refractivity contribution is 0.0980. The van der Waals surface area contributed by atoms with Crippen LogP contribution in [0.5, 0.6) is 0 Å². The summed E-state index contributed by atoms with van der Waals surface area (Å²) >= 11 is 1.47. The highest BCUT2D eigenvalue weighted by atomic mass is 32.1. The average Bonchev–Trinajstić information content (AvgIpc) is 2.85. The molecule has 0 amide bonds. The molecule has 0 bridgehead atoms. The first-order valence-electron chi connectivity index (χ1n) is 5.08. The van der Waals surface area contributed by atoms with E-state index >= 15 is 0 Å². The van der Waals surface area contributed by atoms with E-state index in [4.69, 9.17) is 0 Å². The van der Waals surface area contributed by atoms with Gasteiger partial charge in [0.2, 0.25) is 0 Å². The molecular weight excluding hydrogens is 216 g/mol. The van der Waals surface area contributed by atoms with Crippen LogP contribution in [-0.4, -0.2) is 5.78 Å². The Hall–Kier alpha value is -1.67. The summed E-state index contributed by atoms with van der Waals surface area (Å²) in [7, 11) is 0. The number of carbonyl (C=O) groups excluding carboxylic acids is 1. The molecule has 2 aromatic rings. The van der Waals surface area contributed by atoms with E-state index in [1.165, 1.54) is 11.3 Å². The van der Waals surface area contributed by atoms with E-state index < -0.39 is 0 Å². The molecule has 16 heavy (non-hydrogen) atoms. The zero-order valence-electron chi connectivity index (χ0n) is 8.80. The quantitative estimate of drug-likeness (QED) is 0.573. The maximum Gasteiger partial charge on any atom is 0.183 e. The Bertz CT molecular complexity index is 471. The third kappa shape index (κ3) is 2.12. The van der Waals surface area contributed by atoms with Gasteiger partial charge in [-0.05, 0) is 17.0 Å². The summed E-state index contributed by atoms with van der Waals surface area (Å²) in [5.74, 6) is -0.115. The van der Waals surface area contributed by atoms with Crippen molar-refractivity contribution in [3.63, 3.8) is 0 Å². The second kappa shape index (κ2) is 4.90. The van der Waals surface area contributed by atoms with Crippen molar-refractivity contribution in [3.05, 3.63) is 70.9 Å². The largest absolute Gasteiger partial charge is 0.292 e. The van der Waals surface area contributed by atoms with Crippen molar-refractivity contribution in [3.8, 4) is 0 Å². The number of thiophene rings is 1. The van der Waals surface area contributed by atoms with Crippen LogP contribution in [0.2, 0.25) is 0 Å². The van der Waals surface area contributed by atoms with Crippen molar-refractivity contribution in [1.82, 2.24) is 0 Å². The molecular formula is C14H12OS. The van der Waals surface area contributed by atoms with Crippen LogP contribution in [0.3, 0.4) is 0 Å². The standard InChI is InChI=1S/C14H12OS/c1-2-12(11-7-4-3-5-8-11)14(15)13-9-6-10-16-13/h2-10,12H,1H2. The minimum absolute atomic E-state index is 0.121. The van der Waals surface area contributed by atoms with Gasteiger partial charge in [-0.1, -0.05) is 42.5 Å². The number of allylic oxidation sites excluding steroid dienone is 1. The molecule has 1 atom stereocenters. The lowest BCUT2D eigenvalue weighted by atomic mass is 9.94. The number of rotatable bonds is 4. The van der Waals surface area contributed by atoms with Crippen LogP contribution in [0.1, 0.15) is 21.2 Å². The van der Waals surface area contributed by atoms with Crippen molar-refractivity contribution in [2.24, 2.45) is 0 Å². The summed E-state index contributed by atoms with van der Waals surface area (Å²) in [6.07, 6.45) is 1.71. The fraction of sp³-hybridized carbons (Fsp3) is 0.0714. The topological polar surface area (TPSA) is 17.1 Å². The molecule has 2 rings (SSSR count). The maximum atomic E-state index is 12.2. The summed E-state index contributed by atoms with van der Waals surface area (Å²) < 4.78 is 0. The fourth-order valence-electron chi connectivity index (χ4n) is 1.63. The van der Waals surface area contributed by atoms with Crippen LogP contribution in [0.4, 0.5) is 0 Å². The van der Waals surface area contributed by atoms with Crippen molar-refractivity contribution in [2.45, 2.75) is 5.92 Å². The van der Waals surface area contributed by atoms with E-state index in [1.54, 1.807) is 6.08 Å². The molecule has 0 aliphatic heterocycles. The summed E-state index contributed by atoms with van der Waals surface area (Å²) in [5.41, 5.74) is 0.996. The highest BCUT2D eigenvalue weighted by Gasteiger charge is 2.19. The minimum atomic E-state index is -0.236. The van der Waals surface area contributed by atoms with E-state index in [9.17, 15) is 4.79 Å². The third-order valence-corrected chi connectivity index (χ3v) is 3.33. The van der Waals surface area contributed by atoms with Gasteiger partial charge in [-0.25, -0.2) is 0 Å². The molecule has 0 aliphatic rings. The van der Waals surface area contributed by atoms with Crippen LogP contribution in [0.15, 0.2) is 60.5 Å². The number of hydrogen-bond donors (Lipinski definition) is 0. The summed E-state index contributed by atoms with van der Waals surface area (Å²) in [6, 6.07) is 13.5. The van der Waals surface area contributed by atoms with Gasteiger partial charge in [0.1, 0.15) is 0 Å². The average molecular weight is 228 g/mol. The summed E-state index contributed by atoms with van der Waals surface area (Å²) in [4.78, 5) is 13.0. The Morgan fingerprint density at radius 3 is 2.50 bits per heavy atom. The normalized spacial score (nSPS) is 12.0. The van der Waals surface area contributed by atoms with Gasteiger partial charge in [0.15, 0.2) is 5.78 Å². The number of ketones is 1. The fourth-order valence-corrected chi connectivity index (χ4v) is 2.33. The number of benzene rings is 1. The first-order chi connectivity index (χ1) is 7.83. The molecule has 0 saturated carbocycles. The Labute approximate surface area is 99.1 Å². The molecule has 0 spiro atoms. The van der Waals surface area contributed by atoms with E-state index in [2.05, 4.69) is 6.58 Å². The molecule has 80 valence electrons. The van der Waals surface area contributed by atoms with Crippen molar-refractivity contribution in [2.75, 3.05) is 0 Å². The lowest BCUT2D eigenvalue weighted by Gasteiger charge is -2.10. The molecule has 0 fully saturated rings. The van der Waals surface area contributed by atoms with Crippen LogP contribution in [-0.2, 0) is 0 Å². The molecule has 1 nitrogen and oxygen atoms in total. The van der Waals surface area contributed by atoms with Crippen LogP contribution < -0.4 is 0 Å². The van der Waals surface area contributed by atoms with Gasteiger partial charge < -0.3 is 0 Å². The zero-order valence-corrected chi connectivity index (χ0v) is 9.61. The van der Waals surface area contributed by atoms with Crippen molar-refractivity contribution in [1.29, 1.82) is 0 Å². The van der Waals surface area contributed by atoms with Crippen LogP contribution in [0, 0.1) is 0 Å². The van der Waals surface area contributed by atoms with Gasteiger partial charge in [0, 0.05) is 0 Å². The molecule has 0 radical (unpaired) electrons. The first-order valence-corrected chi connectivity index (χ1v) is 5.96. The summed E-state index contributed by atoms with van der Waals surface area (Å²) in [6.45, 7) is 3.75. The van der Waals surface area contributed by atoms with Gasteiger partial charge in [0.05, 0.1) is 10.8 Å². The van der Waals surface area contributed by atoms with Gasteiger partial charge in [-0.3, -0.25) is 4.79 Å². The van der Waals surface area contributed by atoms with E-state index in [-0.39, 0.29) is 11.7 Å². The van der Waals surface area contributed by atoms with Crippen molar-refractivity contribution >= 4 is 17.1 Å². The smallest absolute Gasteiger partial charge is 0.183 e. The van der Waals surface area contributed by atoms with Crippen LogP contribution >= 0.6 is 11.3 Å². The molecule has 0 saturated heterocycles. The second-order valence-corrected chi connectivity index (χ2v) is 4.41. The molecule has 1 heterocycles. The molecule has 1 unspecified atom stereocenters. The predicted molar refractivity (Wildman–Crippen MR) is 68.0 cm³/mol. The molecule has 2 heteroatoms. The Kier molecular flexibility index (Phi) is 3.32. The Morgan fingerprint density at radius 2 is 1.94 bits per heavy atom. The number of Topliss-reactive ketones (excluding diaryl/α,β-unsaturated/α-hetero) is 1. The summed E-state index contributed by atoms with van der Waals surface area (Å²) in [5, 5.41) is 1.92. The SMILES string of the molecule is C=CC(C(=O)c1cccs1)c1ccccc1. The Morgan fingerprint density at radius 1 is 1.19 bits per heavy atom. The minimum Gasteiger partial charge on any atom is -0.292 e. The van der Waals surface area contributed by atoms with Gasteiger partial charge >= 0.3 is 0 Å². The lowest BCUT2D eigenvalue weighted by Crippen LogP contribution is -2.08. The molecule has 1 aromatic heterocycles. The third-order valence-electron chi connectivity index (χ3n) is 2.44. The Balaban J connectivity index is 2.31. The van der Waals surface area contributed by atoms with Crippen LogP contribution in [0.25, 0.3) is 0 Å². The zero-order chi connectivity index (χ0) is 11.4. The van der Waals surface area contributed by atoms with E-state index in [0.717, 1.165) is 10.4 Å². The first kappa shape index (κ1) is 10.8. The van der Waals surface area contributed by atoms with Gasteiger partial charge in [0.25, 0.3) is 0 Å². The van der Waals surface area contributed by atoms with E-state index in [1.807, 2.05) is 47.8 Å².